The second-order valence-corrected chi connectivity index (χ2v) is 4.74. The molecule has 0 bridgehead atoms. The summed E-state index contributed by atoms with van der Waals surface area (Å²) in [7, 11) is 3.53. The summed E-state index contributed by atoms with van der Waals surface area (Å²) in [4.78, 5) is 15.6. The molecule has 1 aromatic heterocycles. The number of nitrogens with zero attached hydrogens (tertiary/aromatic N) is 2. The molecule has 0 atom stereocenters. The third-order valence-electron chi connectivity index (χ3n) is 3.46. The molecule has 5 heteroatoms. The Morgan fingerprint density at radius 3 is 2.76 bits per heavy atom. The fraction of sp³-hybridized carbons (Fsp3) is 0.125. The quantitative estimate of drug-likeness (QED) is 0.802. The molecule has 2 aromatic carbocycles. The number of carbonyl (C=O) groups is 1. The lowest BCUT2D eigenvalue weighted by Crippen LogP contribution is -1.96. The average Bonchev–Trinajstić information content (AvgIpc) is 2.84. The number of carboxylic acid groups (broad SMARTS) is 1. The predicted molar refractivity (Wildman–Crippen MR) is 79.7 cm³/mol. The highest BCUT2D eigenvalue weighted by Gasteiger charge is 2.12. The van der Waals surface area contributed by atoms with E-state index in [2.05, 4.69) is 4.98 Å². The molecule has 0 aliphatic carbocycles. The van der Waals surface area contributed by atoms with E-state index in [1.54, 1.807) is 25.3 Å². The number of hydrogen-bond acceptors (Lipinski definition) is 3. The Morgan fingerprint density at radius 2 is 2.05 bits per heavy atom. The number of imidazole rings is 1. The Bertz CT molecular complexity index is 837. The fourth-order valence-electron chi connectivity index (χ4n) is 2.35. The standard InChI is InChI=1S/C16H14N2O3/c1-18-14-7-6-11(16(19)20)9-13(14)17-15(18)10-4-3-5-12(8-10)21-2/h3-9H,1-2H3,(H,19,20). The zero-order valence-electron chi connectivity index (χ0n) is 11.7. The number of carboxylic acids is 1. The maximum atomic E-state index is 11.0. The third-order valence-corrected chi connectivity index (χ3v) is 3.46. The lowest BCUT2D eigenvalue weighted by molar-refractivity contribution is 0.0697. The highest BCUT2D eigenvalue weighted by Crippen LogP contribution is 2.26. The molecule has 0 amide bonds. The minimum absolute atomic E-state index is 0.234. The molecule has 3 aromatic rings. The number of aromatic carboxylic acids is 1. The number of benzene rings is 2. The maximum absolute atomic E-state index is 11.0. The lowest BCUT2D eigenvalue weighted by atomic mass is 10.2. The molecule has 1 heterocycles. The van der Waals surface area contributed by atoms with E-state index >= 15 is 0 Å². The van der Waals surface area contributed by atoms with Gasteiger partial charge in [0.15, 0.2) is 0 Å². The summed E-state index contributed by atoms with van der Waals surface area (Å²) >= 11 is 0. The number of ether oxygens (including phenoxy) is 1. The highest BCUT2D eigenvalue weighted by atomic mass is 16.5. The minimum atomic E-state index is -0.953. The Labute approximate surface area is 121 Å². The van der Waals surface area contributed by atoms with Gasteiger partial charge in [0.05, 0.1) is 23.7 Å². The minimum Gasteiger partial charge on any atom is -0.497 e. The maximum Gasteiger partial charge on any atom is 0.335 e. The van der Waals surface area contributed by atoms with Gasteiger partial charge in [-0.2, -0.15) is 0 Å². The van der Waals surface area contributed by atoms with E-state index < -0.39 is 5.97 Å². The second-order valence-electron chi connectivity index (χ2n) is 4.74. The summed E-state index contributed by atoms with van der Waals surface area (Å²) in [5, 5.41) is 9.05. The first-order chi connectivity index (χ1) is 10.1. The number of hydrogen-bond donors (Lipinski definition) is 1. The average molecular weight is 282 g/mol. The van der Waals surface area contributed by atoms with Crippen molar-refractivity contribution >= 4 is 17.0 Å². The topological polar surface area (TPSA) is 64.3 Å². The van der Waals surface area contributed by atoms with Gasteiger partial charge in [-0.15, -0.1) is 0 Å². The first kappa shape index (κ1) is 13.2. The first-order valence-corrected chi connectivity index (χ1v) is 6.44. The van der Waals surface area contributed by atoms with Crippen LogP contribution in [0.25, 0.3) is 22.4 Å². The van der Waals surface area contributed by atoms with Crippen LogP contribution in [0.15, 0.2) is 42.5 Å². The number of aromatic nitrogens is 2. The zero-order valence-corrected chi connectivity index (χ0v) is 11.7. The van der Waals surface area contributed by atoms with E-state index in [0.717, 1.165) is 22.7 Å². The molecule has 0 aliphatic rings. The van der Waals surface area contributed by atoms with Crippen LogP contribution < -0.4 is 4.74 Å². The largest absolute Gasteiger partial charge is 0.497 e. The van der Waals surface area contributed by atoms with E-state index in [9.17, 15) is 4.79 Å². The number of methoxy groups -OCH3 is 1. The molecule has 1 N–H and O–H groups in total. The number of rotatable bonds is 3. The van der Waals surface area contributed by atoms with Crippen molar-refractivity contribution in [2.24, 2.45) is 7.05 Å². The summed E-state index contributed by atoms with van der Waals surface area (Å²) in [5.74, 6) is 0.572. The molecular weight excluding hydrogens is 268 g/mol. The molecule has 0 radical (unpaired) electrons. The smallest absolute Gasteiger partial charge is 0.335 e. The van der Waals surface area contributed by atoms with Gasteiger partial charge >= 0.3 is 5.97 Å². The monoisotopic (exact) mass is 282 g/mol. The summed E-state index contributed by atoms with van der Waals surface area (Å²) in [5.41, 5.74) is 2.70. The van der Waals surface area contributed by atoms with Crippen molar-refractivity contribution in [1.29, 1.82) is 0 Å². The molecule has 0 spiro atoms. The molecule has 0 aliphatic heterocycles. The molecule has 0 saturated heterocycles. The van der Waals surface area contributed by atoms with Crippen LogP contribution in [0.1, 0.15) is 10.4 Å². The zero-order chi connectivity index (χ0) is 15.0. The normalized spacial score (nSPS) is 10.8. The van der Waals surface area contributed by atoms with Gasteiger partial charge in [0.1, 0.15) is 11.6 Å². The first-order valence-electron chi connectivity index (χ1n) is 6.44. The summed E-state index contributed by atoms with van der Waals surface area (Å²) < 4.78 is 7.17. The van der Waals surface area contributed by atoms with Gasteiger partial charge in [0, 0.05) is 12.6 Å². The van der Waals surface area contributed by atoms with E-state index in [1.807, 2.05) is 35.9 Å². The van der Waals surface area contributed by atoms with E-state index in [4.69, 9.17) is 9.84 Å². The van der Waals surface area contributed by atoms with Crippen LogP contribution in [0.4, 0.5) is 0 Å². The van der Waals surface area contributed by atoms with Crippen LogP contribution in [0.5, 0.6) is 5.75 Å². The van der Waals surface area contributed by atoms with Gasteiger partial charge in [-0.3, -0.25) is 0 Å². The Hall–Kier alpha value is -2.82. The molecule has 0 unspecified atom stereocenters. The predicted octanol–water partition coefficient (Wildman–Crippen LogP) is 2.95. The molecule has 0 saturated carbocycles. The summed E-state index contributed by atoms with van der Waals surface area (Å²) in [6.45, 7) is 0. The van der Waals surface area contributed by atoms with Crippen LogP contribution in [0.2, 0.25) is 0 Å². The van der Waals surface area contributed by atoms with Crippen LogP contribution in [0.3, 0.4) is 0 Å². The van der Waals surface area contributed by atoms with Gasteiger partial charge < -0.3 is 14.4 Å². The van der Waals surface area contributed by atoms with E-state index in [0.29, 0.717) is 5.52 Å². The van der Waals surface area contributed by atoms with Crippen molar-refractivity contribution < 1.29 is 14.6 Å². The van der Waals surface area contributed by atoms with Gasteiger partial charge in [-0.05, 0) is 30.3 Å². The fourth-order valence-corrected chi connectivity index (χ4v) is 2.35. The van der Waals surface area contributed by atoms with Crippen LogP contribution in [-0.2, 0) is 7.05 Å². The molecule has 5 nitrogen and oxygen atoms in total. The second kappa shape index (κ2) is 4.94. The molecule has 3 rings (SSSR count). The van der Waals surface area contributed by atoms with Gasteiger partial charge in [-0.1, -0.05) is 12.1 Å². The van der Waals surface area contributed by atoms with Crippen molar-refractivity contribution in [1.82, 2.24) is 9.55 Å². The summed E-state index contributed by atoms with van der Waals surface area (Å²) in [6.07, 6.45) is 0. The van der Waals surface area contributed by atoms with Gasteiger partial charge in [0.25, 0.3) is 0 Å². The summed E-state index contributed by atoms with van der Waals surface area (Å²) in [6, 6.07) is 12.6. The Morgan fingerprint density at radius 1 is 1.24 bits per heavy atom. The van der Waals surface area contributed by atoms with Gasteiger partial charge in [0.2, 0.25) is 0 Å². The lowest BCUT2D eigenvalue weighted by Gasteiger charge is -2.04. The van der Waals surface area contributed by atoms with Gasteiger partial charge in [-0.25, -0.2) is 9.78 Å². The molecular formula is C16H14N2O3. The molecule has 21 heavy (non-hydrogen) atoms. The van der Waals surface area contributed by atoms with Crippen molar-refractivity contribution in [3.63, 3.8) is 0 Å². The highest BCUT2D eigenvalue weighted by molar-refractivity contribution is 5.93. The van der Waals surface area contributed by atoms with Crippen LogP contribution >= 0.6 is 0 Å². The van der Waals surface area contributed by atoms with Crippen molar-refractivity contribution in [3.8, 4) is 17.1 Å². The Balaban J connectivity index is 2.18. The third kappa shape index (κ3) is 2.23. The molecule has 0 fully saturated rings. The van der Waals surface area contributed by atoms with E-state index in [-0.39, 0.29) is 5.56 Å². The molecule has 106 valence electrons. The number of fused-ring (bicyclic) bond motifs is 1. The SMILES string of the molecule is COc1cccc(-c2nc3cc(C(=O)O)ccc3n2C)c1. The van der Waals surface area contributed by atoms with Crippen molar-refractivity contribution in [2.45, 2.75) is 0 Å². The number of aryl methyl sites for hydroxylation is 1. The Kier molecular flexibility index (Phi) is 3.10. The van der Waals surface area contributed by atoms with Crippen LogP contribution in [0, 0.1) is 0 Å². The van der Waals surface area contributed by atoms with Crippen molar-refractivity contribution in [2.75, 3.05) is 7.11 Å². The van der Waals surface area contributed by atoms with Crippen LogP contribution in [-0.4, -0.2) is 27.7 Å². The van der Waals surface area contributed by atoms with E-state index in [1.165, 1.54) is 0 Å². The van der Waals surface area contributed by atoms with Crippen molar-refractivity contribution in [3.05, 3.63) is 48.0 Å².